The first kappa shape index (κ1) is 21.6. The lowest BCUT2D eigenvalue weighted by atomic mass is 9.74. The van der Waals surface area contributed by atoms with E-state index in [2.05, 4.69) is 44.2 Å². The smallest absolute Gasteiger partial charge is 0.220 e. The third kappa shape index (κ3) is 4.55. The van der Waals surface area contributed by atoms with Crippen molar-refractivity contribution in [1.29, 1.82) is 0 Å². The second-order valence-electron chi connectivity index (χ2n) is 8.83. The van der Waals surface area contributed by atoms with E-state index in [1.807, 2.05) is 4.90 Å². The van der Waals surface area contributed by atoms with Crippen LogP contribution in [-0.2, 0) is 9.59 Å². The summed E-state index contributed by atoms with van der Waals surface area (Å²) in [5.41, 5.74) is 3.80. The Bertz CT molecular complexity index is 769. The van der Waals surface area contributed by atoms with Gasteiger partial charge in [-0.1, -0.05) is 44.2 Å². The Morgan fingerprint density at radius 2 is 1.86 bits per heavy atom. The molecule has 1 saturated heterocycles. The Morgan fingerprint density at radius 3 is 2.34 bits per heavy atom. The summed E-state index contributed by atoms with van der Waals surface area (Å²) in [6.07, 6.45) is 5.81. The summed E-state index contributed by atoms with van der Waals surface area (Å²) in [5.74, 6) is 0.364. The van der Waals surface area contributed by atoms with Gasteiger partial charge in [0, 0.05) is 32.9 Å². The van der Waals surface area contributed by atoms with Crippen molar-refractivity contribution in [3.05, 3.63) is 41.5 Å². The summed E-state index contributed by atoms with van der Waals surface area (Å²) in [6, 6.07) is 8.24. The first-order valence-corrected chi connectivity index (χ1v) is 10.8. The maximum Gasteiger partial charge on any atom is 0.220 e. The number of aliphatic hydroxyl groups is 1. The van der Waals surface area contributed by atoms with Gasteiger partial charge in [0.05, 0.1) is 18.7 Å². The molecular weight excluding hydrogens is 364 g/mol. The summed E-state index contributed by atoms with van der Waals surface area (Å²) >= 11 is 0. The van der Waals surface area contributed by atoms with Gasteiger partial charge in [-0.05, 0) is 41.9 Å². The van der Waals surface area contributed by atoms with E-state index in [0.29, 0.717) is 19.0 Å². The molecular formula is C24H34N2O3. The van der Waals surface area contributed by atoms with Gasteiger partial charge in [-0.25, -0.2) is 0 Å². The zero-order valence-electron chi connectivity index (χ0n) is 18.1. The molecule has 0 spiro atoms. The molecule has 1 aromatic carbocycles. The third-order valence-corrected chi connectivity index (χ3v) is 6.24. The number of amides is 2. The van der Waals surface area contributed by atoms with Crippen molar-refractivity contribution < 1.29 is 14.7 Å². The lowest BCUT2D eigenvalue weighted by molar-refractivity contribution is -0.152. The summed E-state index contributed by atoms with van der Waals surface area (Å²) in [5, 5.41) is 9.99. The minimum atomic E-state index is -0.234. The van der Waals surface area contributed by atoms with Crippen LogP contribution < -0.4 is 0 Å². The molecule has 1 fully saturated rings. The van der Waals surface area contributed by atoms with Crippen molar-refractivity contribution in [2.75, 3.05) is 19.7 Å². The number of carbonyl (C=O) groups excluding carboxylic acids is 2. The lowest BCUT2D eigenvalue weighted by Crippen LogP contribution is -2.68. The predicted molar refractivity (Wildman–Crippen MR) is 115 cm³/mol. The van der Waals surface area contributed by atoms with Gasteiger partial charge in [-0.3, -0.25) is 9.59 Å². The van der Waals surface area contributed by atoms with Crippen LogP contribution in [0.1, 0.15) is 64.0 Å². The van der Waals surface area contributed by atoms with Crippen LogP contribution in [-0.4, -0.2) is 58.5 Å². The molecule has 2 amide bonds. The fourth-order valence-corrected chi connectivity index (χ4v) is 4.91. The molecule has 0 bridgehead atoms. The summed E-state index contributed by atoms with van der Waals surface area (Å²) < 4.78 is 0. The van der Waals surface area contributed by atoms with Gasteiger partial charge in [-0.2, -0.15) is 0 Å². The molecule has 5 nitrogen and oxygen atoms in total. The van der Waals surface area contributed by atoms with Gasteiger partial charge in [0.2, 0.25) is 11.8 Å². The SMILES string of the molecule is CC(=O)N(CC(C)C)C[C@@H]1[C@H](c2ccc(C3=CCCC3)cc2)[C@H](CO)N1C(C)=O. The Labute approximate surface area is 174 Å². The van der Waals surface area contributed by atoms with Gasteiger partial charge in [-0.15, -0.1) is 0 Å². The van der Waals surface area contributed by atoms with Crippen LogP contribution >= 0.6 is 0 Å². The Balaban J connectivity index is 1.85. The zero-order chi connectivity index (χ0) is 21.1. The van der Waals surface area contributed by atoms with Crippen molar-refractivity contribution in [1.82, 2.24) is 9.80 Å². The fourth-order valence-electron chi connectivity index (χ4n) is 4.91. The maximum absolute atomic E-state index is 12.3. The number of benzene rings is 1. The largest absolute Gasteiger partial charge is 0.394 e. The lowest BCUT2D eigenvalue weighted by Gasteiger charge is -2.55. The molecule has 29 heavy (non-hydrogen) atoms. The minimum Gasteiger partial charge on any atom is -0.394 e. The number of nitrogens with zero attached hydrogens (tertiary/aromatic N) is 2. The molecule has 158 valence electrons. The molecule has 1 aromatic rings. The maximum atomic E-state index is 12.3. The highest BCUT2D eigenvalue weighted by atomic mass is 16.3. The number of hydrogen-bond donors (Lipinski definition) is 1. The van der Waals surface area contributed by atoms with Crippen molar-refractivity contribution in [3.8, 4) is 0 Å². The van der Waals surface area contributed by atoms with Crippen LogP contribution in [0.25, 0.3) is 5.57 Å². The van der Waals surface area contributed by atoms with E-state index in [9.17, 15) is 14.7 Å². The molecule has 5 heteroatoms. The van der Waals surface area contributed by atoms with Crippen molar-refractivity contribution in [2.45, 2.75) is 65.0 Å². The zero-order valence-corrected chi connectivity index (χ0v) is 18.1. The molecule has 0 radical (unpaired) electrons. The van der Waals surface area contributed by atoms with Gasteiger partial charge in [0.15, 0.2) is 0 Å². The van der Waals surface area contributed by atoms with Crippen molar-refractivity contribution in [3.63, 3.8) is 0 Å². The fraction of sp³-hybridized carbons (Fsp3) is 0.583. The highest BCUT2D eigenvalue weighted by Crippen LogP contribution is 2.42. The molecule has 3 rings (SSSR count). The summed E-state index contributed by atoms with van der Waals surface area (Å²) in [7, 11) is 0. The van der Waals surface area contributed by atoms with E-state index >= 15 is 0 Å². The number of carbonyl (C=O) groups is 2. The molecule has 2 aliphatic rings. The quantitative estimate of drug-likeness (QED) is 0.765. The Kier molecular flexibility index (Phi) is 6.78. The molecule has 1 heterocycles. The van der Waals surface area contributed by atoms with Gasteiger partial charge < -0.3 is 14.9 Å². The number of aliphatic hydroxyl groups excluding tert-OH is 1. The minimum absolute atomic E-state index is 0.0249. The first-order valence-electron chi connectivity index (χ1n) is 10.8. The molecule has 0 saturated carbocycles. The van der Waals surface area contributed by atoms with Gasteiger partial charge in [0.25, 0.3) is 0 Å². The highest BCUT2D eigenvalue weighted by Gasteiger charge is 2.50. The van der Waals surface area contributed by atoms with Crippen LogP contribution in [0, 0.1) is 5.92 Å². The second-order valence-corrected chi connectivity index (χ2v) is 8.83. The van der Waals surface area contributed by atoms with E-state index in [1.54, 1.807) is 18.7 Å². The Hall–Kier alpha value is -2.14. The molecule has 1 aliphatic heterocycles. The van der Waals surface area contributed by atoms with Crippen molar-refractivity contribution >= 4 is 17.4 Å². The molecule has 1 N–H and O–H groups in total. The second kappa shape index (κ2) is 9.12. The van der Waals surface area contributed by atoms with Crippen LogP contribution in [0.3, 0.4) is 0 Å². The standard InChI is InChI=1S/C24H34N2O3/c1-16(2)13-25(17(3)28)14-22-24(23(15-27)26(22)18(4)29)21-11-9-20(10-12-21)19-7-5-6-8-19/h7,9-12,16,22-24,27H,5-6,8,13-15H2,1-4H3/t22-,23+,24+/m1/s1. The number of rotatable bonds is 7. The van der Waals surface area contributed by atoms with Crippen LogP contribution in [0.2, 0.25) is 0 Å². The van der Waals surface area contributed by atoms with Crippen LogP contribution in [0.4, 0.5) is 0 Å². The van der Waals surface area contributed by atoms with E-state index in [1.165, 1.54) is 17.6 Å². The molecule has 3 atom stereocenters. The van der Waals surface area contributed by atoms with E-state index in [0.717, 1.165) is 18.4 Å². The topological polar surface area (TPSA) is 60.9 Å². The third-order valence-electron chi connectivity index (χ3n) is 6.24. The number of allylic oxidation sites excluding steroid dienone is 2. The predicted octanol–water partition coefficient (Wildman–Crippen LogP) is 3.43. The molecule has 1 aliphatic carbocycles. The number of likely N-dealkylation sites (tertiary alicyclic amines) is 1. The summed E-state index contributed by atoms with van der Waals surface area (Å²) in [6.45, 7) is 8.40. The van der Waals surface area contributed by atoms with E-state index in [4.69, 9.17) is 0 Å². The van der Waals surface area contributed by atoms with Crippen LogP contribution in [0.15, 0.2) is 30.3 Å². The normalized spacial score (nSPS) is 23.7. The van der Waals surface area contributed by atoms with Gasteiger partial charge in [0.1, 0.15) is 0 Å². The first-order chi connectivity index (χ1) is 13.8. The van der Waals surface area contributed by atoms with E-state index in [-0.39, 0.29) is 36.4 Å². The highest BCUT2D eigenvalue weighted by molar-refractivity contribution is 5.77. The molecule has 0 unspecified atom stereocenters. The van der Waals surface area contributed by atoms with Gasteiger partial charge >= 0.3 is 0 Å². The van der Waals surface area contributed by atoms with Crippen molar-refractivity contribution in [2.24, 2.45) is 5.92 Å². The summed E-state index contributed by atoms with van der Waals surface area (Å²) in [4.78, 5) is 28.1. The van der Waals surface area contributed by atoms with E-state index < -0.39 is 0 Å². The Morgan fingerprint density at radius 1 is 1.17 bits per heavy atom. The monoisotopic (exact) mass is 398 g/mol. The van der Waals surface area contributed by atoms with Crippen LogP contribution in [0.5, 0.6) is 0 Å². The number of hydrogen-bond acceptors (Lipinski definition) is 3. The molecule has 0 aromatic heterocycles. The average molecular weight is 399 g/mol. The average Bonchev–Trinajstić information content (AvgIpc) is 3.18.